The number of benzene rings is 1. The SMILES string of the molecule is CCCNC(=O)[C@@H]1[C@@H]2CCC3(O2)C(C(=O)Nc2ccc(N(CC)CC)cc2)N(CCCCCCO)C(=O)[C@H]13. The number of aliphatic hydroxyl groups excluding tert-OH is 1. The van der Waals surface area contributed by atoms with Crippen molar-refractivity contribution in [2.24, 2.45) is 11.8 Å². The molecule has 0 aliphatic carbocycles. The lowest BCUT2D eigenvalue weighted by molar-refractivity contribution is -0.140. The van der Waals surface area contributed by atoms with Crippen LogP contribution in [0.4, 0.5) is 11.4 Å². The second-order valence-electron chi connectivity index (χ2n) is 10.7. The number of aliphatic hydroxyl groups is 1. The van der Waals surface area contributed by atoms with Crippen LogP contribution in [0.15, 0.2) is 24.3 Å². The summed E-state index contributed by atoms with van der Waals surface area (Å²) in [7, 11) is 0. The number of ether oxygens (including phenoxy) is 1. The Balaban J connectivity index is 1.57. The first-order chi connectivity index (χ1) is 18.4. The summed E-state index contributed by atoms with van der Waals surface area (Å²) in [6.07, 6.45) is 4.90. The molecule has 3 fully saturated rings. The number of rotatable bonds is 14. The Labute approximate surface area is 226 Å². The third-order valence-electron chi connectivity index (χ3n) is 8.47. The van der Waals surface area contributed by atoms with Crippen molar-refractivity contribution in [3.05, 3.63) is 24.3 Å². The number of carbonyl (C=O) groups excluding carboxylic acids is 3. The fraction of sp³-hybridized carbons (Fsp3) is 0.690. The third kappa shape index (κ3) is 5.27. The second-order valence-corrected chi connectivity index (χ2v) is 10.7. The number of likely N-dealkylation sites (tertiary alicyclic amines) is 1. The van der Waals surface area contributed by atoms with Gasteiger partial charge in [-0.15, -0.1) is 0 Å². The quantitative estimate of drug-likeness (QED) is 0.320. The largest absolute Gasteiger partial charge is 0.396 e. The maximum atomic E-state index is 13.9. The van der Waals surface area contributed by atoms with E-state index in [4.69, 9.17) is 9.84 Å². The molecule has 4 rings (SSSR count). The van der Waals surface area contributed by atoms with E-state index in [1.165, 1.54) is 0 Å². The average Bonchev–Trinajstić information content (AvgIpc) is 3.56. The van der Waals surface area contributed by atoms with Crippen molar-refractivity contribution in [1.29, 1.82) is 0 Å². The highest BCUT2D eigenvalue weighted by Gasteiger charge is 2.74. The van der Waals surface area contributed by atoms with Gasteiger partial charge in [0.15, 0.2) is 0 Å². The molecule has 3 heterocycles. The summed E-state index contributed by atoms with van der Waals surface area (Å²) in [5, 5.41) is 15.1. The van der Waals surface area contributed by atoms with Gasteiger partial charge in [-0.25, -0.2) is 0 Å². The molecule has 3 saturated heterocycles. The molecule has 5 atom stereocenters. The average molecular weight is 529 g/mol. The van der Waals surface area contributed by atoms with Crippen LogP contribution < -0.4 is 15.5 Å². The molecule has 3 aliphatic rings. The van der Waals surface area contributed by atoms with Crippen LogP contribution in [0.1, 0.15) is 65.7 Å². The van der Waals surface area contributed by atoms with Gasteiger partial charge < -0.3 is 30.3 Å². The van der Waals surface area contributed by atoms with Crippen molar-refractivity contribution < 1.29 is 24.2 Å². The van der Waals surface area contributed by atoms with Crippen LogP contribution in [-0.4, -0.2) is 78.3 Å². The molecule has 0 aromatic heterocycles. The highest BCUT2D eigenvalue weighted by atomic mass is 16.5. The van der Waals surface area contributed by atoms with Gasteiger partial charge >= 0.3 is 0 Å². The molecule has 0 radical (unpaired) electrons. The lowest BCUT2D eigenvalue weighted by Crippen LogP contribution is -2.53. The minimum Gasteiger partial charge on any atom is -0.396 e. The molecule has 3 amide bonds. The fourth-order valence-corrected chi connectivity index (χ4v) is 6.66. The van der Waals surface area contributed by atoms with Gasteiger partial charge in [-0.3, -0.25) is 14.4 Å². The Bertz CT molecular complexity index is 982. The standard InChI is InChI=1S/C29H44N4O5/c1-4-17-30-26(35)23-22-15-16-29(38-22)24(23)28(37)33(18-9-7-8-10-19-34)25(29)27(36)31-20-11-13-21(14-12-20)32(5-2)6-3/h11-14,22-25,34H,4-10,15-19H2,1-3H3,(H,30,35)(H,31,36)/t22-,23+,24-,25?,29?/m0/s1. The zero-order valence-electron chi connectivity index (χ0n) is 23.1. The first-order valence-electron chi connectivity index (χ1n) is 14.4. The molecule has 38 heavy (non-hydrogen) atoms. The normalized spacial score (nSPS) is 27.5. The summed E-state index contributed by atoms with van der Waals surface area (Å²) in [6, 6.07) is 6.99. The van der Waals surface area contributed by atoms with Crippen molar-refractivity contribution in [2.75, 3.05) is 43.0 Å². The molecular formula is C29H44N4O5. The molecule has 0 saturated carbocycles. The van der Waals surface area contributed by atoms with Crippen molar-refractivity contribution in [3.8, 4) is 0 Å². The summed E-state index contributed by atoms with van der Waals surface area (Å²) >= 11 is 0. The summed E-state index contributed by atoms with van der Waals surface area (Å²) in [5.74, 6) is -1.76. The van der Waals surface area contributed by atoms with E-state index in [1.807, 2.05) is 31.2 Å². The van der Waals surface area contributed by atoms with Crippen molar-refractivity contribution in [2.45, 2.75) is 83.5 Å². The Kier molecular flexibility index (Phi) is 9.31. The van der Waals surface area contributed by atoms with Gasteiger partial charge in [0.05, 0.1) is 17.9 Å². The second kappa shape index (κ2) is 12.5. The molecule has 2 bridgehead atoms. The van der Waals surface area contributed by atoms with Crippen LogP contribution >= 0.6 is 0 Å². The summed E-state index contributed by atoms with van der Waals surface area (Å²) < 4.78 is 6.47. The number of nitrogens with one attached hydrogen (secondary N) is 2. The van der Waals surface area contributed by atoms with Crippen molar-refractivity contribution >= 4 is 29.1 Å². The van der Waals surface area contributed by atoms with Crippen molar-refractivity contribution in [3.63, 3.8) is 0 Å². The van der Waals surface area contributed by atoms with Crippen LogP contribution in [0.5, 0.6) is 0 Å². The topological polar surface area (TPSA) is 111 Å². The number of hydrogen-bond acceptors (Lipinski definition) is 6. The highest BCUT2D eigenvalue weighted by molar-refractivity contribution is 6.03. The monoisotopic (exact) mass is 528 g/mol. The molecule has 3 N–H and O–H groups in total. The van der Waals surface area contributed by atoms with E-state index in [2.05, 4.69) is 29.4 Å². The van der Waals surface area contributed by atoms with Gasteiger partial charge in [-0.1, -0.05) is 19.8 Å². The summed E-state index contributed by atoms with van der Waals surface area (Å²) in [4.78, 5) is 44.8. The Morgan fingerprint density at radius 2 is 1.79 bits per heavy atom. The van der Waals surface area contributed by atoms with Crippen LogP contribution in [0, 0.1) is 11.8 Å². The lowest BCUT2D eigenvalue weighted by Gasteiger charge is -2.33. The molecule has 1 aromatic carbocycles. The van der Waals surface area contributed by atoms with Gasteiger partial charge in [-0.05, 0) is 70.2 Å². The molecule has 3 aliphatic heterocycles. The Morgan fingerprint density at radius 3 is 2.45 bits per heavy atom. The van der Waals surface area contributed by atoms with E-state index in [9.17, 15) is 14.4 Å². The number of anilines is 2. The molecular weight excluding hydrogens is 484 g/mol. The molecule has 1 aromatic rings. The summed E-state index contributed by atoms with van der Waals surface area (Å²) in [6.45, 7) is 9.14. The number of hydrogen-bond donors (Lipinski definition) is 3. The number of amides is 3. The molecule has 210 valence electrons. The first-order valence-corrected chi connectivity index (χ1v) is 14.4. The number of carbonyl (C=O) groups is 3. The van der Waals surface area contributed by atoms with Gasteiger partial charge in [0.25, 0.3) is 0 Å². The van der Waals surface area contributed by atoms with Crippen LogP contribution in [0.25, 0.3) is 0 Å². The highest BCUT2D eigenvalue weighted by Crippen LogP contribution is 2.58. The van der Waals surface area contributed by atoms with Gasteiger partial charge in [0.2, 0.25) is 17.7 Å². The van der Waals surface area contributed by atoms with E-state index in [-0.39, 0.29) is 30.4 Å². The zero-order valence-corrected chi connectivity index (χ0v) is 23.1. The van der Waals surface area contributed by atoms with Crippen LogP contribution in [0.3, 0.4) is 0 Å². The van der Waals surface area contributed by atoms with Gasteiger partial charge in [0, 0.05) is 44.2 Å². The summed E-state index contributed by atoms with van der Waals surface area (Å²) in [5.41, 5.74) is 0.781. The van der Waals surface area contributed by atoms with Gasteiger partial charge in [0.1, 0.15) is 11.6 Å². The first kappa shape index (κ1) is 28.4. The number of nitrogens with zero attached hydrogens (tertiary/aromatic N) is 2. The predicted molar refractivity (Wildman–Crippen MR) is 147 cm³/mol. The lowest BCUT2D eigenvalue weighted by atomic mass is 9.70. The van der Waals surface area contributed by atoms with Crippen LogP contribution in [-0.2, 0) is 19.1 Å². The Hall–Kier alpha value is -2.65. The minimum absolute atomic E-state index is 0.146. The minimum atomic E-state index is -0.980. The molecule has 9 nitrogen and oxygen atoms in total. The molecule has 1 spiro atoms. The van der Waals surface area contributed by atoms with Crippen LogP contribution in [0.2, 0.25) is 0 Å². The van der Waals surface area contributed by atoms with E-state index < -0.39 is 23.5 Å². The Morgan fingerprint density at radius 1 is 1.08 bits per heavy atom. The molecule has 9 heteroatoms. The van der Waals surface area contributed by atoms with E-state index in [0.29, 0.717) is 31.6 Å². The fourth-order valence-electron chi connectivity index (χ4n) is 6.66. The van der Waals surface area contributed by atoms with Gasteiger partial charge in [-0.2, -0.15) is 0 Å². The maximum Gasteiger partial charge on any atom is 0.250 e. The number of unbranched alkanes of at least 4 members (excludes halogenated alkanes) is 3. The maximum absolute atomic E-state index is 13.9. The predicted octanol–water partition coefficient (Wildman–Crippen LogP) is 2.92. The van der Waals surface area contributed by atoms with E-state index in [1.54, 1.807) is 4.90 Å². The van der Waals surface area contributed by atoms with E-state index >= 15 is 0 Å². The smallest absolute Gasteiger partial charge is 0.250 e. The zero-order chi connectivity index (χ0) is 27.3. The van der Waals surface area contributed by atoms with Crippen molar-refractivity contribution in [1.82, 2.24) is 10.2 Å². The third-order valence-corrected chi connectivity index (χ3v) is 8.47. The number of fused-ring (bicyclic) bond motifs is 1. The molecule has 2 unspecified atom stereocenters. The van der Waals surface area contributed by atoms with E-state index in [0.717, 1.165) is 50.9 Å².